The molecule has 0 spiro atoms. The molecule has 1 saturated heterocycles. The lowest BCUT2D eigenvalue weighted by Gasteiger charge is -2.27. The lowest BCUT2D eigenvalue weighted by atomic mass is 10.1. The summed E-state index contributed by atoms with van der Waals surface area (Å²) in [7, 11) is 0. The summed E-state index contributed by atoms with van der Waals surface area (Å²) in [6.45, 7) is 2.44. The standard InChI is InChI=1S/C23H26N4O2/c28-22(26-15-7-2-8-16-26)17-27-20-12-6-5-11-19(20)25-21(27)13-14-24-23(29)18-9-3-1-4-10-18/h1,3-6,9-12H,2,7-8,13-17H2,(H,24,29). The minimum absolute atomic E-state index is 0.0994. The van der Waals surface area contributed by atoms with Crippen LogP contribution in [0.1, 0.15) is 35.4 Å². The molecule has 29 heavy (non-hydrogen) atoms. The molecule has 6 heteroatoms. The minimum atomic E-state index is -0.0994. The Morgan fingerprint density at radius 3 is 2.45 bits per heavy atom. The van der Waals surface area contributed by atoms with Crippen LogP contribution in [-0.2, 0) is 17.8 Å². The third-order valence-corrected chi connectivity index (χ3v) is 5.41. The van der Waals surface area contributed by atoms with Gasteiger partial charge in [0.2, 0.25) is 5.91 Å². The number of likely N-dealkylation sites (tertiary alicyclic amines) is 1. The summed E-state index contributed by atoms with van der Waals surface area (Å²) in [6.07, 6.45) is 3.92. The van der Waals surface area contributed by atoms with E-state index in [1.807, 2.05) is 51.9 Å². The number of piperidine rings is 1. The fraction of sp³-hybridized carbons (Fsp3) is 0.348. The highest BCUT2D eigenvalue weighted by molar-refractivity contribution is 5.94. The van der Waals surface area contributed by atoms with Crippen LogP contribution in [-0.4, -0.2) is 45.9 Å². The Morgan fingerprint density at radius 2 is 1.66 bits per heavy atom. The molecule has 0 unspecified atom stereocenters. The molecule has 2 aromatic carbocycles. The number of benzene rings is 2. The third kappa shape index (κ3) is 4.47. The Labute approximate surface area is 170 Å². The Bertz CT molecular complexity index is 991. The zero-order valence-corrected chi connectivity index (χ0v) is 16.5. The molecule has 2 heterocycles. The van der Waals surface area contributed by atoms with Gasteiger partial charge in [-0.2, -0.15) is 0 Å². The molecule has 1 aromatic heterocycles. The number of hydrogen-bond acceptors (Lipinski definition) is 3. The van der Waals surface area contributed by atoms with Crippen molar-refractivity contribution in [1.29, 1.82) is 0 Å². The second-order valence-corrected chi connectivity index (χ2v) is 7.42. The van der Waals surface area contributed by atoms with Gasteiger partial charge in [-0.25, -0.2) is 4.98 Å². The predicted octanol–water partition coefficient (Wildman–Crippen LogP) is 3.02. The van der Waals surface area contributed by atoms with Crippen LogP contribution < -0.4 is 5.32 Å². The van der Waals surface area contributed by atoms with E-state index in [9.17, 15) is 9.59 Å². The van der Waals surface area contributed by atoms with E-state index in [1.54, 1.807) is 12.1 Å². The van der Waals surface area contributed by atoms with E-state index in [1.165, 1.54) is 6.42 Å². The molecule has 0 aliphatic carbocycles. The zero-order chi connectivity index (χ0) is 20.1. The number of aromatic nitrogens is 2. The molecular formula is C23H26N4O2. The van der Waals surface area contributed by atoms with E-state index < -0.39 is 0 Å². The number of hydrogen-bond donors (Lipinski definition) is 1. The van der Waals surface area contributed by atoms with Crippen LogP contribution in [0.3, 0.4) is 0 Å². The van der Waals surface area contributed by atoms with Gasteiger partial charge in [-0.3, -0.25) is 9.59 Å². The third-order valence-electron chi connectivity index (χ3n) is 5.41. The first-order valence-corrected chi connectivity index (χ1v) is 10.3. The molecule has 2 amide bonds. The molecule has 6 nitrogen and oxygen atoms in total. The molecule has 150 valence electrons. The summed E-state index contributed by atoms with van der Waals surface area (Å²) >= 11 is 0. The van der Waals surface area contributed by atoms with Gasteiger partial charge in [-0.1, -0.05) is 30.3 Å². The molecule has 0 atom stereocenters. The van der Waals surface area contributed by atoms with Gasteiger partial charge in [0.1, 0.15) is 12.4 Å². The fourth-order valence-corrected chi connectivity index (χ4v) is 3.85. The van der Waals surface area contributed by atoms with Crippen molar-refractivity contribution >= 4 is 22.8 Å². The van der Waals surface area contributed by atoms with Gasteiger partial charge in [0.25, 0.3) is 5.91 Å². The number of nitrogens with one attached hydrogen (secondary N) is 1. The van der Waals surface area contributed by atoms with Gasteiger partial charge in [0.15, 0.2) is 0 Å². The van der Waals surface area contributed by atoms with E-state index in [2.05, 4.69) is 5.32 Å². The Morgan fingerprint density at radius 1 is 0.931 bits per heavy atom. The lowest BCUT2D eigenvalue weighted by Crippen LogP contribution is -2.38. The van der Waals surface area contributed by atoms with Gasteiger partial charge in [0.05, 0.1) is 11.0 Å². The summed E-state index contributed by atoms with van der Waals surface area (Å²) in [6, 6.07) is 17.0. The molecule has 1 aliphatic rings. The molecular weight excluding hydrogens is 364 g/mol. The van der Waals surface area contributed by atoms with E-state index >= 15 is 0 Å². The summed E-state index contributed by atoms with van der Waals surface area (Å²) < 4.78 is 2.00. The molecule has 4 rings (SSSR count). The monoisotopic (exact) mass is 390 g/mol. The molecule has 3 aromatic rings. The van der Waals surface area contributed by atoms with E-state index in [4.69, 9.17) is 4.98 Å². The maximum Gasteiger partial charge on any atom is 0.251 e. The predicted molar refractivity (Wildman–Crippen MR) is 113 cm³/mol. The topological polar surface area (TPSA) is 67.2 Å². The average molecular weight is 390 g/mol. The summed E-state index contributed by atoms with van der Waals surface area (Å²) in [5.74, 6) is 0.866. The average Bonchev–Trinajstić information content (AvgIpc) is 3.12. The number of para-hydroxylation sites is 2. The van der Waals surface area contributed by atoms with Crippen LogP contribution in [0.4, 0.5) is 0 Å². The van der Waals surface area contributed by atoms with Gasteiger partial charge in [-0.15, -0.1) is 0 Å². The largest absolute Gasteiger partial charge is 0.352 e. The highest BCUT2D eigenvalue weighted by Gasteiger charge is 2.20. The second kappa shape index (κ2) is 8.90. The Balaban J connectivity index is 1.47. The van der Waals surface area contributed by atoms with Crippen LogP contribution in [0.15, 0.2) is 54.6 Å². The zero-order valence-electron chi connectivity index (χ0n) is 16.5. The first kappa shape index (κ1) is 19.2. The normalized spacial score (nSPS) is 14.1. The van der Waals surface area contributed by atoms with E-state index in [0.717, 1.165) is 42.8 Å². The molecule has 0 radical (unpaired) electrons. The molecule has 0 bridgehead atoms. The minimum Gasteiger partial charge on any atom is -0.352 e. The van der Waals surface area contributed by atoms with Crippen LogP contribution in [0, 0.1) is 0 Å². The van der Waals surface area contributed by atoms with Crippen LogP contribution in [0.5, 0.6) is 0 Å². The number of nitrogens with zero attached hydrogens (tertiary/aromatic N) is 3. The maximum absolute atomic E-state index is 12.8. The number of carbonyl (C=O) groups excluding carboxylic acids is 2. The van der Waals surface area contributed by atoms with Crippen molar-refractivity contribution < 1.29 is 9.59 Å². The number of rotatable bonds is 6. The van der Waals surface area contributed by atoms with Crippen molar-refractivity contribution in [3.63, 3.8) is 0 Å². The first-order chi connectivity index (χ1) is 14.2. The molecule has 1 fully saturated rings. The van der Waals surface area contributed by atoms with E-state index in [0.29, 0.717) is 25.1 Å². The second-order valence-electron chi connectivity index (χ2n) is 7.42. The number of carbonyl (C=O) groups is 2. The van der Waals surface area contributed by atoms with E-state index in [-0.39, 0.29) is 11.8 Å². The quantitative estimate of drug-likeness (QED) is 0.704. The Hall–Kier alpha value is -3.15. The first-order valence-electron chi connectivity index (χ1n) is 10.3. The smallest absolute Gasteiger partial charge is 0.251 e. The van der Waals surface area contributed by atoms with Gasteiger partial charge in [-0.05, 0) is 43.5 Å². The molecule has 1 aliphatic heterocycles. The van der Waals surface area contributed by atoms with Crippen LogP contribution >= 0.6 is 0 Å². The van der Waals surface area contributed by atoms with Gasteiger partial charge >= 0.3 is 0 Å². The van der Waals surface area contributed by atoms with Crippen LogP contribution in [0.25, 0.3) is 11.0 Å². The number of fused-ring (bicyclic) bond motifs is 1. The van der Waals surface area contributed by atoms with Crippen molar-refractivity contribution in [2.45, 2.75) is 32.2 Å². The van der Waals surface area contributed by atoms with Gasteiger partial charge in [0, 0.05) is 31.6 Å². The maximum atomic E-state index is 12.8. The number of imidazole rings is 1. The van der Waals surface area contributed by atoms with Crippen molar-refractivity contribution in [2.24, 2.45) is 0 Å². The van der Waals surface area contributed by atoms with Crippen molar-refractivity contribution in [2.75, 3.05) is 19.6 Å². The van der Waals surface area contributed by atoms with Gasteiger partial charge < -0.3 is 14.8 Å². The molecule has 0 saturated carbocycles. The lowest BCUT2D eigenvalue weighted by molar-refractivity contribution is -0.132. The van der Waals surface area contributed by atoms with Crippen molar-refractivity contribution in [1.82, 2.24) is 19.8 Å². The highest BCUT2D eigenvalue weighted by Crippen LogP contribution is 2.18. The summed E-state index contributed by atoms with van der Waals surface area (Å²) in [5, 5.41) is 2.95. The Kier molecular flexibility index (Phi) is 5.89. The van der Waals surface area contributed by atoms with Crippen molar-refractivity contribution in [3.8, 4) is 0 Å². The van der Waals surface area contributed by atoms with Crippen LogP contribution in [0.2, 0.25) is 0 Å². The van der Waals surface area contributed by atoms with Crippen molar-refractivity contribution in [3.05, 3.63) is 66.0 Å². The highest BCUT2D eigenvalue weighted by atomic mass is 16.2. The SMILES string of the molecule is O=C(NCCc1nc2ccccc2n1CC(=O)N1CCCCC1)c1ccccc1. The summed E-state index contributed by atoms with van der Waals surface area (Å²) in [5.41, 5.74) is 2.48. The molecule has 1 N–H and O–H groups in total. The summed E-state index contributed by atoms with van der Waals surface area (Å²) in [4.78, 5) is 31.8. The fourth-order valence-electron chi connectivity index (χ4n) is 3.85. The number of amides is 2.